The number of nitrogens with zero attached hydrogens (tertiary/aromatic N) is 3. The highest BCUT2D eigenvalue weighted by molar-refractivity contribution is 6.04. The van der Waals surface area contributed by atoms with E-state index in [0.29, 0.717) is 16.9 Å². The van der Waals surface area contributed by atoms with Gasteiger partial charge < -0.3 is 19.4 Å². The van der Waals surface area contributed by atoms with Crippen LogP contribution in [-0.4, -0.2) is 27.6 Å². The molecule has 3 heterocycles. The van der Waals surface area contributed by atoms with Crippen LogP contribution in [0.2, 0.25) is 0 Å². The van der Waals surface area contributed by atoms with Gasteiger partial charge in [0.2, 0.25) is 11.3 Å². The van der Waals surface area contributed by atoms with E-state index in [1.807, 2.05) is 0 Å². The largest absolute Gasteiger partial charge is 0.481 e. The Morgan fingerprint density at radius 1 is 1.02 bits per heavy atom. The third-order valence-corrected chi connectivity index (χ3v) is 6.15. The number of rotatable bonds is 7. The van der Waals surface area contributed by atoms with Gasteiger partial charge in [-0.25, -0.2) is 18.2 Å². The highest BCUT2D eigenvalue weighted by Crippen LogP contribution is 2.31. The van der Waals surface area contributed by atoms with E-state index in [0.717, 1.165) is 18.2 Å². The lowest BCUT2D eigenvalue weighted by Gasteiger charge is -2.15. The quantitative estimate of drug-likeness (QED) is 0.277. The average molecular weight is 547 g/mol. The van der Waals surface area contributed by atoms with Gasteiger partial charge in [0.1, 0.15) is 23.6 Å². The van der Waals surface area contributed by atoms with E-state index in [2.05, 4.69) is 15.3 Å². The normalized spacial score (nSPS) is 10.9. The molecule has 1 amide bonds. The first kappa shape index (κ1) is 26.4. The van der Waals surface area contributed by atoms with Crippen molar-refractivity contribution in [3.8, 4) is 28.5 Å². The van der Waals surface area contributed by atoms with Crippen molar-refractivity contribution in [3.63, 3.8) is 0 Å². The number of halogens is 3. The van der Waals surface area contributed by atoms with Crippen molar-refractivity contribution in [3.05, 3.63) is 106 Å². The standard InChI is InChI=1S/C29H21F3N4O4/c1-36-15-19(28(37)26(22(36)14-30)16-3-5-17(31)6-4-16)29(38)34-18-7-9-23(20(32)13-18)40-24-11-12-33-21-8-10-25(39-2)35-27(21)24/h3-13,15H,14H2,1-2H3,(H,34,38). The van der Waals surface area contributed by atoms with Gasteiger partial charge in [-0.15, -0.1) is 0 Å². The van der Waals surface area contributed by atoms with Gasteiger partial charge >= 0.3 is 0 Å². The first-order valence-corrected chi connectivity index (χ1v) is 11.9. The van der Waals surface area contributed by atoms with Gasteiger partial charge in [0.05, 0.1) is 23.9 Å². The summed E-state index contributed by atoms with van der Waals surface area (Å²) >= 11 is 0. The Bertz CT molecular complexity index is 1810. The van der Waals surface area contributed by atoms with E-state index in [4.69, 9.17) is 9.47 Å². The molecule has 0 radical (unpaired) electrons. The highest BCUT2D eigenvalue weighted by Gasteiger charge is 2.21. The van der Waals surface area contributed by atoms with Crippen LogP contribution < -0.4 is 20.2 Å². The predicted octanol–water partition coefficient (Wildman–Crippen LogP) is 5.80. The molecule has 0 saturated heterocycles. The van der Waals surface area contributed by atoms with E-state index < -0.39 is 29.6 Å². The lowest BCUT2D eigenvalue weighted by Crippen LogP contribution is -2.26. The summed E-state index contributed by atoms with van der Waals surface area (Å²) in [5.74, 6) is -1.73. The van der Waals surface area contributed by atoms with Crippen LogP contribution in [0, 0.1) is 11.6 Å². The molecule has 0 aliphatic heterocycles. The number of hydrogen-bond acceptors (Lipinski definition) is 6. The smallest absolute Gasteiger partial charge is 0.261 e. The van der Waals surface area contributed by atoms with Crippen molar-refractivity contribution in [2.24, 2.45) is 7.05 Å². The summed E-state index contributed by atoms with van der Waals surface area (Å²) in [4.78, 5) is 34.8. The number of carbonyl (C=O) groups is 1. The van der Waals surface area contributed by atoms with Crippen LogP contribution >= 0.6 is 0 Å². The summed E-state index contributed by atoms with van der Waals surface area (Å²) in [6, 6.07) is 13.5. The number of nitrogens with one attached hydrogen (secondary N) is 1. The van der Waals surface area contributed by atoms with Crippen LogP contribution in [0.25, 0.3) is 22.2 Å². The Labute approximate surface area is 225 Å². The first-order valence-electron chi connectivity index (χ1n) is 11.9. The summed E-state index contributed by atoms with van der Waals surface area (Å²) in [6.07, 6.45) is 2.69. The monoisotopic (exact) mass is 546 g/mol. The van der Waals surface area contributed by atoms with E-state index in [1.165, 1.54) is 61.5 Å². The van der Waals surface area contributed by atoms with Crippen molar-refractivity contribution in [2.75, 3.05) is 12.4 Å². The van der Waals surface area contributed by atoms with Gasteiger partial charge in [-0.05, 0) is 35.9 Å². The van der Waals surface area contributed by atoms with Crippen LogP contribution in [0.3, 0.4) is 0 Å². The van der Waals surface area contributed by atoms with E-state index in [9.17, 15) is 18.4 Å². The van der Waals surface area contributed by atoms with Gasteiger partial charge in [0.15, 0.2) is 17.3 Å². The number of anilines is 1. The Morgan fingerprint density at radius 3 is 2.50 bits per heavy atom. The van der Waals surface area contributed by atoms with Crippen molar-refractivity contribution < 1.29 is 27.4 Å². The fourth-order valence-electron chi connectivity index (χ4n) is 4.17. The van der Waals surface area contributed by atoms with Crippen molar-refractivity contribution >= 4 is 22.6 Å². The minimum Gasteiger partial charge on any atom is -0.481 e. The second-order valence-electron chi connectivity index (χ2n) is 8.68. The summed E-state index contributed by atoms with van der Waals surface area (Å²) in [7, 11) is 2.95. The van der Waals surface area contributed by atoms with Crippen LogP contribution in [0.1, 0.15) is 16.1 Å². The number of aromatic nitrogens is 3. The van der Waals surface area contributed by atoms with Crippen molar-refractivity contribution in [2.45, 2.75) is 6.67 Å². The van der Waals surface area contributed by atoms with Crippen molar-refractivity contribution in [1.29, 1.82) is 0 Å². The number of benzene rings is 2. The molecule has 1 N–H and O–H groups in total. The maximum absolute atomic E-state index is 15.0. The SMILES string of the molecule is COc1ccc2nccc(Oc3ccc(NC(=O)c4cn(C)c(CF)c(-c5ccc(F)cc5)c4=O)cc3F)c2n1. The fourth-order valence-corrected chi connectivity index (χ4v) is 4.17. The van der Waals surface area contributed by atoms with Gasteiger partial charge in [0, 0.05) is 43.3 Å². The fraction of sp³-hybridized carbons (Fsp3) is 0.103. The molecule has 2 aromatic carbocycles. The molecular formula is C29H21F3N4O4. The first-order chi connectivity index (χ1) is 19.3. The molecule has 0 atom stereocenters. The molecule has 40 heavy (non-hydrogen) atoms. The lowest BCUT2D eigenvalue weighted by molar-refractivity contribution is 0.102. The zero-order chi connectivity index (χ0) is 28.4. The topological polar surface area (TPSA) is 95.3 Å². The number of hydrogen-bond donors (Lipinski definition) is 1. The summed E-state index contributed by atoms with van der Waals surface area (Å²) in [5.41, 5.74) is 0.0950. The second kappa shape index (κ2) is 10.9. The number of pyridine rings is 3. The van der Waals surface area contributed by atoms with Crippen LogP contribution in [0.4, 0.5) is 18.9 Å². The number of fused-ring (bicyclic) bond motifs is 1. The molecule has 0 spiro atoms. The third-order valence-electron chi connectivity index (χ3n) is 6.15. The molecule has 0 aliphatic rings. The van der Waals surface area contributed by atoms with Crippen molar-refractivity contribution in [1.82, 2.24) is 14.5 Å². The van der Waals surface area contributed by atoms with Crippen LogP contribution in [-0.2, 0) is 13.7 Å². The molecule has 0 bridgehead atoms. The number of alkyl halides is 1. The maximum atomic E-state index is 15.0. The molecule has 0 fully saturated rings. The number of aryl methyl sites for hydroxylation is 1. The summed E-state index contributed by atoms with van der Waals surface area (Å²) in [5, 5.41) is 2.49. The summed E-state index contributed by atoms with van der Waals surface area (Å²) in [6.45, 7) is -0.984. The van der Waals surface area contributed by atoms with Gasteiger partial charge in [-0.2, -0.15) is 0 Å². The molecule has 5 rings (SSSR count). The zero-order valence-electron chi connectivity index (χ0n) is 21.2. The zero-order valence-corrected chi connectivity index (χ0v) is 21.2. The van der Waals surface area contributed by atoms with E-state index in [-0.39, 0.29) is 39.6 Å². The molecule has 0 saturated carbocycles. The minimum absolute atomic E-state index is 0.0245. The number of ether oxygens (including phenoxy) is 2. The summed E-state index contributed by atoms with van der Waals surface area (Å²) < 4.78 is 54.5. The van der Waals surface area contributed by atoms with Gasteiger partial charge in [-0.3, -0.25) is 14.6 Å². The minimum atomic E-state index is -0.984. The number of amides is 1. The van der Waals surface area contributed by atoms with E-state index in [1.54, 1.807) is 12.1 Å². The Hall–Kier alpha value is -5.19. The third kappa shape index (κ3) is 5.08. The van der Waals surface area contributed by atoms with Gasteiger partial charge in [-0.1, -0.05) is 12.1 Å². The van der Waals surface area contributed by atoms with Crippen LogP contribution in [0.15, 0.2) is 77.9 Å². The molecule has 202 valence electrons. The molecular weight excluding hydrogens is 525 g/mol. The van der Waals surface area contributed by atoms with E-state index >= 15 is 4.39 Å². The highest BCUT2D eigenvalue weighted by atomic mass is 19.1. The molecule has 0 unspecified atom stereocenters. The Morgan fingerprint density at radius 2 is 1.80 bits per heavy atom. The average Bonchev–Trinajstić information content (AvgIpc) is 2.95. The maximum Gasteiger partial charge on any atom is 0.261 e. The molecule has 11 heteroatoms. The lowest BCUT2D eigenvalue weighted by atomic mass is 10.0. The predicted molar refractivity (Wildman–Crippen MR) is 142 cm³/mol. The molecule has 8 nitrogen and oxygen atoms in total. The Balaban J connectivity index is 1.43. The Kier molecular flexibility index (Phi) is 7.19. The molecule has 5 aromatic rings. The molecule has 0 aliphatic carbocycles. The molecule has 3 aromatic heterocycles. The van der Waals surface area contributed by atoms with Crippen LogP contribution in [0.5, 0.6) is 17.4 Å². The second-order valence-corrected chi connectivity index (χ2v) is 8.68. The number of methoxy groups -OCH3 is 1. The van der Waals surface area contributed by atoms with Gasteiger partial charge in [0.25, 0.3) is 5.91 Å². The number of carbonyl (C=O) groups excluding carboxylic acids is 1.